The molecular formula is C15H22N6O4S. The molecule has 0 unspecified atom stereocenters. The molecule has 2 saturated heterocycles. The quantitative estimate of drug-likeness (QED) is 0.706. The van der Waals surface area contributed by atoms with Gasteiger partial charge in [0.15, 0.2) is 9.84 Å². The zero-order valence-electron chi connectivity index (χ0n) is 14.9. The van der Waals surface area contributed by atoms with Crippen molar-refractivity contribution in [1.82, 2.24) is 24.7 Å². The van der Waals surface area contributed by atoms with Gasteiger partial charge in [0.05, 0.1) is 29.2 Å². The first kappa shape index (κ1) is 18.4. The number of rotatable bonds is 2. The fraction of sp³-hybridized carbons (Fsp3) is 0.600. The largest absolute Gasteiger partial charge is 0.357 e. The molecule has 11 heteroatoms. The normalized spacial score (nSPS) is 24.1. The highest BCUT2D eigenvalue weighted by molar-refractivity contribution is 7.91. The van der Waals surface area contributed by atoms with E-state index >= 15 is 0 Å². The van der Waals surface area contributed by atoms with Gasteiger partial charge in [-0.2, -0.15) is 0 Å². The molecule has 2 fully saturated rings. The smallest absolute Gasteiger partial charge is 0.319 e. The lowest BCUT2D eigenvalue weighted by molar-refractivity contribution is 0.0392. The molecule has 1 aromatic heterocycles. The molecule has 2 aliphatic heterocycles. The van der Waals surface area contributed by atoms with Gasteiger partial charge in [-0.25, -0.2) is 23.2 Å². The van der Waals surface area contributed by atoms with Crippen LogP contribution in [0.4, 0.5) is 10.7 Å². The minimum absolute atomic E-state index is 0.129. The second-order valence-corrected chi connectivity index (χ2v) is 8.78. The highest BCUT2D eigenvalue weighted by Gasteiger charge is 2.49. The molecule has 2 atom stereocenters. The number of amides is 3. The number of aromatic nitrogens is 2. The van der Waals surface area contributed by atoms with Crippen molar-refractivity contribution >= 4 is 27.7 Å². The fourth-order valence-corrected chi connectivity index (χ4v) is 5.41. The predicted molar refractivity (Wildman–Crippen MR) is 94.6 cm³/mol. The molecule has 142 valence electrons. The number of fused-ring (bicyclic) bond motifs is 1. The predicted octanol–water partition coefficient (Wildman–Crippen LogP) is -0.877. The summed E-state index contributed by atoms with van der Waals surface area (Å²) in [6.45, 7) is 0.553. The van der Waals surface area contributed by atoms with E-state index < -0.39 is 21.9 Å². The van der Waals surface area contributed by atoms with E-state index in [1.807, 2.05) is 0 Å². The summed E-state index contributed by atoms with van der Waals surface area (Å²) in [5.41, 5.74) is 0.291. The number of carbonyl (C=O) groups is 2. The van der Waals surface area contributed by atoms with Crippen LogP contribution >= 0.6 is 0 Å². The third-order valence-electron chi connectivity index (χ3n) is 4.69. The number of hydrogen-bond donors (Lipinski definition) is 1. The average Bonchev–Trinajstić information content (AvgIpc) is 2.94. The highest BCUT2D eigenvalue weighted by atomic mass is 32.2. The molecule has 1 aromatic rings. The molecule has 0 bridgehead atoms. The van der Waals surface area contributed by atoms with Crippen LogP contribution in [0.5, 0.6) is 0 Å². The second-order valence-electron chi connectivity index (χ2n) is 6.63. The van der Waals surface area contributed by atoms with Gasteiger partial charge in [-0.1, -0.05) is 0 Å². The van der Waals surface area contributed by atoms with Crippen molar-refractivity contribution in [1.29, 1.82) is 0 Å². The molecule has 0 saturated carbocycles. The minimum atomic E-state index is -3.33. The number of carbonyl (C=O) groups excluding carboxylic acids is 2. The van der Waals surface area contributed by atoms with E-state index in [9.17, 15) is 18.0 Å². The van der Waals surface area contributed by atoms with Gasteiger partial charge in [0.2, 0.25) is 5.95 Å². The van der Waals surface area contributed by atoms with Gasteiger partial charge < -0.3 is 20.0 Å². The monoisotopic (exact) mass is 382 g/mol. The molecule has 10 nitrogen and oxygen atoms in total. The van der Waals surface area contributed by atoms with Crippen molar-refractivity contribution in [3.8, 4) is 0 Å². The lowest BCUT2D eigenvalue weighted by Crippen LogP contribution is -2.63. The zero-order valence-corrected chi connectivity index (χ0v) is 15.7. The summed E-state index contributed by atoms with van der Waals surface area (Å²) in [6.07, 6.45) is 2.83. The minimum Gasteiger partial charge on any atom is -0.357 e. The highest BCUT2D eigenvalue weighted by Crippen LogP contribution is 2.28. The first-order chi connectivity index (χ1) is 12.2. The number of anilines is 1. The molecule has 26 heavy (non-hydrogen) atoms. The number of piperazine rings is 1. The number of hydrogen-bond acceptors (Lipinski definition) is 7. The molecule has 2 aliphatic rings. The van der Waals surface area contributed by atoms with E-state index in [1.165, 1.54) is 22.2 Å². The Morgan fingerprint density at radius 2 is 1.65 bits per heavy atom. The SMILES string of the molecule is CNc1ncc(C(=O)N2CCN(C(=O)N(C)C)[C@@H]3CS(=O)(=O)C[C@@H]32)cn1. The van der Waals surface area contributed by atoms with E-state index in [1.54, 1.807) is 26.0 Å². The van der Waals surface area contributed by atoms with Crippen LogP contribution in [-0.2, 0) is 9.84 Å². The maximum atomic E-state index is 12.9. The molecular weight excluding hydrogens is 360 g/mol. The molecule has 3 heterocycles. The van der Waals surface area contributed by atoms with E-state index in [2.05, 4.69) is 15.3 Å². The summed E-state index contributed by atoms with van der Waals surface area (Å²) in [7, 11) is 1.59. The van der Waals surface area contributed by atoms with E-state index in [0.29, 0.717) is 11.5 Å². The molecule has 3 rings (SSSR count). The average molecular weight is 382 g/mol. The van der Waals surface area contributed by atoms with Crippen LogP contribution in [-0.4, -0.2) is 103 Å². The third-order valence-corrected chi connectivity index (χ3v) is 6.39. The van der Waals surface area contributed by atoms with Crippen molar-refractivity contribution < 1.29 is 18.0 Å². The van der Waals surface area contributed by atoms with Gasteiger partial charge in [0.1, 0.15) is 0 Å². The van der Waals surface area contributed by atoms with Crippen LogP contribution in [0.2, 0.25) is 0 Å². The molecule has 0 aromatic carbocycles. The van der Waals surface area contributed by atoms with Crippen LogP contribution in [0.1, 0.15) is 10.4 Å². The van der Waals surface area contributed by atoms with Crippen molar-refractivity contribution in [3.63, 3.8) is 0 Å². The topological polar surface area (TPSA) is 116 Å². The van der Waals surface area contributed by atoms with E-state index in [0.717, 1.165) is 0 Å². The Kier molecular flexibility index (Phi) is 4.74. The lowest BCUT2D eigenvalue weighted by Gasteiger charge is -2.44. The zero-order chi connectivity index (χ0) is 19.1. The van der Waals surface area contributed by atoms with Gasteiger partial charge in [-0.15, -0.1) is 0 Å². The second kappa shape index (κ2) is 6.71. The Labute approximate surface area is 152 Å². The summed E-state index contributed by atoms with van der Waals surface area (Å²) in [6, 6.07) is -1.34. The Morgan fingerprint density at radius 3 is 2.19 bits per heavy atom. The van der Waals surface area contributed by atoms with Gasteiger partial charge in [0.25, 0.3) is 5.91 Å². The summed E-state index contributed by atoms with van der Waals surface area (Å²) in [4.78, 5) is 37.9. The summed E-state index contributed by atoms with van der Waals surface area (Å²) < 4.78 is 24.4. The standard InChI is InChI=1S/C15H22N6O4S/c1-16-14-17-6-10(7-18-14)13(22)20-4-5-21(15(23)19(2)3)12-9-26(24,25)8-11(12)20/h6-7,11-12H,4-5,8-9H2,1-3H3,(H,16,17,18)/t11-,12+/m0/s1. The molecule has 0 spiro atoms. The van der Waals surface area contributed by atoms with Gasteiger partial charge >= 0.3 is 6.03 Å². The van der Waals surface area contributed by atoms with Crippen LogP contribution in [0, 0.1) is 0 Å². The molecule has 0 aliphatic carbocycles. The third kappa shape index (κ3) is 3.30. The number of nitrogens with one attached hydrogen (secondary N) is 1. The maximum Gasteiger partial charge on any atom is 0.319 e. The van der Waals surface area contributed by atoms with Gasteiger partial charge in [0, 0.05) is 46.6 Å². The first-order valence-electron chi connectivity index (χ1n) is 8.22. The van der Waals surface area contributed by atoms with Crippen molar-refractivity contribution in [2.75, 3.05) is 51.1 Å². The Balaban J connectivity index is 1.87. The molecule has 3 amide bonds. The van der Waals surface area contributed by atoms with Crippen molar-refractivity contribution in [2.24, 2.45) is 0 Å². The number of nitrogens with zero attached hydrogens (tertiary/aromatic N) is 5. The van der Waals surface area contributed by atoms with E-state index in [-0.39, 0.29) is 36.5 Å². The van der Waals surface area contributed by atoms with Crippen LogP contribution in [0.25, 0.3) is 0 Å². The van der Waals surface area contributed by atoms with Crippen LogP contribution < -0.4 is 5.32 Å². The fourth-order valence-electron chi connectivity index (χ4n) is 3.43. The van der Waals surface area contributed by atoms with E-state index in [4.69, 9.17) is 0 Å². The lowest BCUT2D eigenvalue weighted by atomic mass is 10.0. The van der Waals surface area contributed by atoms with Gasteiger partial charge in [-0.05, 0) is 0 Å². The van der Waals surface area contributed by atoms with Gasteiger partial charge in [-0.3, -0.25) is 4.79 Å². The van der Waals surface area contributed by atoms with Crippen molar-refractivity contribution in [2.45, 2.75) is 12.1 Å². The Hall–Kier alpha value is -2.43. The van der Waals surface area contributed by atoms with Crippen LogP contribution in [0.3, 0.4) is 0 Å². The Bertz CT molecular complexity index is 810. The summed E-state index contributed by atoms with van der Waals surface area (Å²) >= 11 is 0. The first-order valence-corrected chi connectivity index (χ1v) is 10.0. The summed E-state index contributed by atoms with van der Waals surface area (Å²) in [5.74, 6) is -0.201. The van der Waals surface area contributed by atoms with Crippen LogP contribution in [0.15, 0.2) is 12.4 Å². The number of urea groups is 1. The Morgan fingerprint density at radius 1 is 1.12 bits per heavy atom. The van der Waals surface area contributed by atoms with Crippen molar-refractivity contribution in [3.05, 3.63) is 18.0 Å². The maximum absolute atomic E-state index is 12.9. The summed E-state index contributed by atoms with van der Waals surface area (Å²) in [5, 5.41) is 2.77. The molecule has 1 N–H and O–H groups in total. The number of sulfone groups is 1. The molecule has 0 radical (unpaired) electrons.